The van der Waals surface area contributed by atoms with E-state index >= 15 is 0 Å². The van der Waals surface area contributed by atoms with Crippen molar-refractivity contribution in [3.63, 3.8) is 0 Å². The van der Waals surface area contributed by atoms with Crippen LogP contribution < -0.4 is 10.1 Å². The highest BCUT2D eigenvalue weighted by atomic mass is 32.2. The quantitative estimate of drug-likeness (QED) is 0.775. The summed E-state index contributed by atoms with van der Waals surface area (Å²) in [6, 6.07) is 14.1. The number of hydrogen-bond donors (Lipinski definition) is 1. The predicted molar refractivity (Wildman–Crippen MR) is 101 cm³/mol. The van der Waals surface area contributed by atoms with Crippen LogP contribution in [0.2, 0.25) is 0 Å². The second-order valence-corrected chi connectivity index (χ2v) is 7.44. The molecule has 2 atom stereocenters. The van der Waals surface area contributed by atoms with Gasteiger partial charge in [0.15, 0.2) is 0 Å². The number of carbonyl (C=O) groups is 1. The van der Waals surface area contributed by atoms with Gasteiger partial charge in [-0.15, -0.1) is 11.8 Å². The molecule has 0 heterocycles. The summed E-state index contributed by atoms with van der Waals surface area (Å²) in [4.78, 5) is 13.5. The molecule has 4 heteroatoms. The van der Waals surface area contributed by atoms with Crippen molar-refractivity contribution in [3.8, 4) is 5.75 Å². The minimum atomic E-state index is -0.161. The molecule has 1 amide bonds. The number of carbonyl (C=O) groups excluding carboxylic acids is 1. The van der Waals surface area contributed by atoms with Crippen molar-refractivity contribution in [3.05, 3.63) is 59.2 Å². The zero-order chi connectivity index (χ0) is 17.7. The molecule has 0 radical (unpaired) electrons. The fourth-order valence-electron chi connectivity index (χ4n) is 2.55. The van der Waals surface area contributed by atoms with Crippen molar-refractivity contribution in [2.24, 2.45) is 0 Å². The molecule has 0 unspecified atom stereocenters. The zero-order valence-electron chi connectivity index (χ0n) is 14.9. The van der Waals surface area contributed by atoms with Crippen LogP contribution in [0.5, 0.6) is 5.75 Å². The summed E-state index contributed by atoms with van der Waals surface area (Å²) < 4.78 is 5.16. The molecule has 0 spiro atoms. The lowest BCUT2D eigenvalue weighted by Gasteiger charge is -2.20. The maximum atomic E-state index is 12.5. The van der Waals surface area contributed by atoms with Crippen molar-refractivity contribution in [1.82, 2.24) is 5.32 Å². The van der Waals surface area contributed by atoms with Gasteiger partial charge in [0.25, 0.3) is 0 Å². The van der Waals surface area contributed by atoms with Crippen LogP contribution in [0.4, 0.5) is 0 Å². The molecule has 0 fully saturated rings. The smallest absolute Gasteiger partial charge is 0.233 e. The Balaban J connectivity index is 1.98. The van der Waals surface area contributed by atoms with Crippen LogP contribution in [0.3, 0.4) is 0 Å². The lowest BCUT2D eigenvalue weighted by atomic mass is 10.00. The summed E-state index contributed by atoms with van der Waals surface area (Å²) in [6.07, 6.45) is 0. The molecule has 0 aliphatic heterocycles. The Bertz CT molecular complexity index is 697. The summed E-state index contributed by atoms with van der Waals surface area (Å²) in [5.74, 6) is 0.865. The Labute approximate surface area is 148 Å². The van der Waals surface area contributed by atoms with Crippen molar-refractivity contribution in [2.45, 2.75) is 43.9 Å². The van der Waals surface area contributed by atoms with E-state index in [0.717, 1.165) is 10.6 Å². The van der Waals surface area contributed by atoms with E-state index in [1.807, 2.05) is 38.1 Å². The van der Waals surface area contributed by atoms with Gasteiger partial charge in [-0.1, -0.05) is 23.8 Å². The van der Waals surface area contributed by atoms with E-state index in [1.165, 1.54) is 16.7 Å². The summed E-state index contributed by atoms with van der Waals surface area (Å²) in [5, 5.41) is 2.96. The van der Waals surface area contributed by atoms with Gasteiger partial charge >= 0.3 is 0 Å². The normalized spacial score (nSPS) is 13.2. The SMILES string of the molecule is COc1ccc(S[C@H](C)C(=O)N[C@H](C)c2cc(C)ccc2C)cc1. The Kier molecular flexibility index (Phi) is 6.32. The van der Waals surface area contributed by atoms with E-state index in [9.17, 15) is 4.79 Å². The highest BCUT2D eigenvalue weighted by molar-refractivity contribution is 8.00. The number of nitrogens with one attached hydrogen (secondary N) is 1. The van der Waals surface area contributed by atoms with Gasteiger partial charge in [0.05, 0.1) is 18.4 Å². The number of amides is 1. The largest absolute Gasteiger partial charge is 0.497 e. The molecule has 3 nitrogen and oxygen atoms in total. The van der Waals surface area contributed by atoms with E-state index < -0.39 is 0 Å². The molecule has 128 valence electrons. The van der Waals surface area contributed by atoms with Crippen LogP contribution in [0.15, 0.2) is 47.4 Å². The average Bonchev–Trinajstić information content (AvgIpc) is 2.57. The molecule has 1 N–H and O–H groups in total. The molecule has 2 aromatic carbocycles. The lowest BCUT2D eigenvalue weighted by molar-refractivity contribution is -0.120. The topological polar surface area (TPSA) is 38.3 Å². The maximum absolute atomic E-state index is 12.5. The van der Waals surface area contributed by atoms with Crippen molar-refractivity contribution in [1.29, 1.82) is 0 Å². The summed E-state index contributed by atoms with van der Waals surface area (Å²) >= 11 is 1.55. The number of thioether (sulfide) groups is 1. The molecule has 0 aliphatic rings. The Morgan fingerprint density at radius 3 is 2.38 bits per heavy atom. The van der Waals surface area contributed by atoms with E-state index in [2.05, 4.69) is 37.4 Å². The van der Waals surface area contributed by atoms with Crippen LogP contribution in [0.1, 0.15) is 36.6 Å². The third-order valence-electron chi connectivity index (χ3n) is 4.00. The molecular formula is C20H25NO2S. The van der Waals surface area contributed by atoms with Gasteiger partial charge in [-0.25, -0.2) is 0 Å². The first-order chi connectivity index (χ1) is 11.4. The van der Waals surface area contributed by atoms with Crippen LogP contribution in [0, 0.1) is 13.8 Å². The first-order valence-corrected chi connectivity index (χ1v) is 8.97. The van der Waals surface area contributed by atoms with E-state index in [1.54, 1.807) is 18.9 Å². The molecule has 0 bridgehead atoms. The Morgan fingerprint density at radius 2 is 1.75 bits per heavy atom. The number of hydrogen-bond acceptors (Lipinski definition) is 3. The highest BCUT2D eigenvalue weighted by Gasteiger charge is 2.18. The van der Waals surface area contributed by atoms with Crippen LogP contribution in [-0.4, -0.2) is 18.3 Å². The second-order valence-electron chi connectivity index (χ2n) is 6.03. The molecule has 2 aromatic rings. The minimum absolute atomic E-state index is 0.00341. The van der Waals surface area contributed by atoms with Gasteiger partial charge < -0.3 is 10.1 Å². The van der Waals surface area contributed by atoms with Gasteiger partial charge in [0.1, 0.15) is 5.75 Å². The van der Waals surface area contributed by atoms with Gasteiger partial charge in [-0.05, 0) is 63.1 Å². The minimum Gasteiger partial charge on any atom is -0.497 e. The maximum Gasteiger partial charge on any atom is 0.233 e. The third-order valence-corrected chi connectivity index (χ3v) is 5.11. The zero-order valence-corrected chi connectivity index (χ0v) is 15.7. The highest BCUT2D eigenvalue weighted by Crippen LogP contribution is 2.26. The average molecular weight is 343 g/mol. The Morgan fingerprint density at radius 1 is 1.08 bits per heavy atom. The molecule has 24 heavy (non-hydrogen) atoms. The van der Waals surface area contributed by atoms with Crippen molar-refractivity contribution >= 4 is 17.7 Å². The van der Waals surface area contributed by atoms with Gasteiger partial charge in [-0.2, -0.15) is 0 Å². The van der Waals surface area contributed by atoms with Crippen molar-refractivity contribution in [2.75, 3.05) is 7.11 Å². The molecular weight excluding hydrogens is 318 g/mol. The number of ether oxygens (including phenoxy) is 1. The summed E-state index contributed by atoms with van der Waals surface area (Å²) in [5.41, 5.74) is 3.58. The molecule has 0 aromatic heterocycles. The number of methoxy groups -OCH3 is 1. The van der Waals surface area contributed by atoms with Crippen LogP contribution in [0.25, 0.3) is 0 Å². The monoisotopic (exact) mass is 343 g/mol. The predicted octanol–water partition coefficient (Wildman–Crippen LogP) is 4.67. The molecule has 0 saturated carbocycles. The standard InChI is InChI=1S/C20H25NO2S/c1-13-6-7-14(2)19(12-13)15(3)21-20(22)16(4)24-18-10-8-17(23-5)9-11-18/h6-12,15-16H,1-5H3,(H,21,22)/t15-,16-/m1/s1. The second kappa shape index (κ2) is 8.25. The summed E-state index contributed by atoms with van der Waals surface area (Å²) in [7, 11) is 1.65. The molecule has 2 rings (SSSR count). The fraction of sp³-hybridized carbons (Fsp3) is 0.350. The van der Waals surface area contributed by atoms with E-state index in [0.29, 0.717) is 0 Å². The Hall–Kier alpha value is -1.94. The van der Waals surface area contributed by atoms with Gasteiger partial charge in [0, 0.05) is 4.90 Å². The first kappa shape index (κ1) is 18.4. The first-order valence-electron chi connectivity index (χ1n) is 8.09. The van der Waals surface area contributed by atoms with Crippen LogP contribution >= 0.6 is 11.8 Å². The van der Waals surface area contributed by atoms with Crippen molar-refractivity contribution < 1.29 is 9.53 Å². The van der Waals surface area contributed by atoms with E-state index in [-0.39, 0.29) is 17.2 Å². The lowest BCUT2D eigenvalue weighted by Crippen LogP contribution is -2.33. The van der Waals surface area contributed by atoms with Gasteiger partial charge in [0.2, 0.25) is 5.91 Å². The van der Waals surface area contributed by atoms with Crippen LogP contribution in [-0.2, 0) is 4.79 Å². The number of rotatable bonds is 6. The van der Waals surface area contributed by atoms with E-state index in [4.69, 9.17) is 4.74 Å². The molecule has 0 saturated heterocycles. The van der Waals surface area contributed by atoms with Gasteiger partial charge in [-0.3, -0.25) is 4.79 Å². The number of benzene rings is 2. The molecule has 0 aliphatic carbocycles. The number of aryl methyl sites for hydroxylation is 2. The fourth-order valence-corrected chi connectivity index (χ4v) is 3.42. The third kappa shape index (κ3) is 4.78. The summed E-state index contributed by atoms with van der Waals surface area (Å²) in [6.45, 7) is 8.11.